The van der Waals surface area contributed by atoms with Crippen molar-refractivity contribution in [3.05, 3.63) is 58.9 Å². The Morgan fingerprint density at radius 1 is 1.04 bits per heavy atom. The van der Waals surface area contributed by atoms with Crippen molar-refractivity contribution in [1.29, 1.82) is 0 Å². The van der Waals surface area contributed by atoms with Gasteiger partial charge in [-0.05, 0) is 49.3 Å². The third-order valence-electron chi connectivity index (χ3n) is 5.27. The molecule has 0 amide bonds. The second-order valence-corrected chi connectivity index (χ2v) is 7.20. The topological polar surface area (TPSA) is 9.23 Å². The molecule has 2 atom stereocenters. The summed E-state index contributed by atoms with van der Waals surface area (Å²) in [5.41, 5.74) is 1.13. The summed E-state index contributed by atoms with van der Waals surface area (Å²) < 4.78 is 48.5. The van der Waals surface area contributed by atoms with E-state index >= 15 is 0 Å². The molecule has 0 aromatic heterocycles. The fourth-order valence-electron chi connectivity index (χ4n) is 3.60. The molecule has 0 radical (unpaired) electrons. The molecule has 2 aromatic rings. The number of rotatable bonds is 5. The van der Waals surface area contributed by atoms with Crippen LogP contribution >= 0.6 is 0 Å². The van der Waals surface area contributed by atoms with E-state index in [4.69, 9.17) is 4.74 Å². The molecule has 0 bridgehead atoms. The maximum Gasteiger partial charge on any atom is 0.166 e. The summed E-state index contributed by atoms with van der Waals surface area (Å²) in [6, 6.07) is 7.53. The first-order chi connectivity index (χ1) is 12.5. The molecule has 1 heterocycles. The van der Waals surface area contributed by atoms with Crippen LogP contribution in [0.3, 0.4) is 0 Å². The summed E-state index contributed by atoms with van der Waals surface area (Å²) >= 11 is 0. The van der Waals surface area contributed by atoms with Gasteiger partial charge in [-0.3, -0.25) is 0 Å². The Kier molecular flexibility index (Phi) is 6.02. The SMILES string of the molecule is CCCCC1CCC(c2ccc(-c3ccc(C)c(F)c3F)cc2F)OC1. The summed E-state index contributed by atoms with van der Waals surface area (Å²) in [5.74, 6) is -1.70. The molecule has 0 aliphatic carbocycles. The van der Waals surface area contributed by atoms with Gasteiger partial charge in [-0.15, -0.1) is 0 Å². The summed E-state index contributed by atoms with van der Waals surface area (Å²) in [5, 5.41) is 0. The molecule has 26 heavy (non-hydrogen) atoms. The van der Waals surface area contributed by atoms with Crippen LogP contribution < -0.4 is 0 Å². The maximum atomic E-state index is 14.6. The molecule has 4 heteroatoms. The van der Waals surface area contributed by atoms with E-state index in [1.54, 1.807) is 12.1 Å². The van der Waals surface area contributed by atoms with Crippen LogP contribution in [0.5, 0.6) is 0 Å². The minimum Gasteiger partial charge on any atom is -0.373 e. The summed E-state index contributed by atoms with van der Waals surface area (Å²) in [6.07, 6.45) is 5.08. The predicted octanol–water partition coefficient (Wildman–Crippen LogP) is 6.74. The standard InChI is InChI=1S/C22H25F3O/c1-3-4-5-15-7-11-20(26-13-15)18-10-8-16(12-19(18)23)17-9-6-14(2)21(24)22(17)25/h6,8-10,12,15,20H,3-5,7,11,13H2,1-2H3. The molecule has 2 unspecified atom stereocenters. The molecule has 1 aliphatic rings. The number of aryl methyl sites for hydroxylation is 1. The molecule has 1 saturated heterocycles. The third-order valence-corrected chi connectivity index (χ3v) is 5.27. The number of benzene rings is 2. The van der Waals surface area contributed by atoms with Gasteiger partial charge in [0.2, 0.25) is 0 Å². The van der Waals surface area contributed by atoms with E-state index in [9.17, 15) is 13.2 Å². The zero-order chi connectivity index (χ0) is 18.7. The minimum atomic E-state index is -0.940. The second-order valence-electron chi connectivity index (χ2n) is 7.20. The molecule has 0 spiro atoms. The van der Waals surface area contributed by atoms with Crippen LogP contribution in [0.15, 0.2) is 30.3 Å². The van der Waals surface area contributed by atoms with Gasteiger partial charge in [-0.1, -0.05) is 44.0 Å². The van der Waals surface area contributed by atoms with E-state index in [-0.39, 0.29) is 17.2 Å². The van der Waals surface area contributed by atoms with Gasteiger partial charge in [0.15, 0.2) is 11.6 Å². The summed E-state index contributed by atoms with van der Waals surface area (Å²) in [6.45, 7) is 4.33. The van der Waals surface area contributed by atoms with E-state index in [1.165, 1.54) is 38.0 Å². The molecular weight excluding hydrogens is 337 g/mol. The second kappa shape index (κ2) is 8.26. The van der Waals surface area contributed by atoms with Crippen molar-refractivity contribution in [2.45, 2.75) is 52.1 Å². The highest BCUT2D eigenvalue weighted by Crippen LogP contribution is 2.35. The van der Waals surface area contributed by atoms with Gasteiger partial charge < -0.3 is 4.74 Å². The van der Waals surface area contributed by atoms with Crippen molar-refractivity contribution in [3.63, 3.8) is 0 Å². The first-order valence-electron chi connectivity index (χ1n) is 9.37. The van der Waals surface area contributed by atoms with Crippen molar-refractivity contribution < 1.29 is 17.9 Å². The zero-order valence-electron chi connectivity index (χ0n) is 15.3. The Labute approximate surface area is 153 Å². The molecule has 0 N–H and O–H groups in total. The van der Waals surface area contributed by atoms with Gasteiger partial charge in [0.05, 0.1) is 12.7 Å². The van der Waals surface area contributed by atoms with Crippen LogP contribution in [-0.4, -0.2) is 6.61 Å². The van der Waals surface area contributed by atoms with Crippen LogP contribution in [0.2, 0.25) is 0 Å². The Morgan fingerprint density at radius 3 is 2.50 bits per heavy atom. The van der Waals surface area contributed by atoms with Crippen LogP contribution in [-0.2, 0) is 4.74 Å². The highest BCUT2D eigenvalue weighted by Gasteiger charge is 2.25. The Morgan fingerprint density at radius 2 is 1.85 bits per heavy atom. The van der Waals surface area contributed by atoms with Gasteiger partial charge in [-0.2, -0.15) is 0 Å². The molecule has 1 aliphatic heterocycles. The molecule has 3 rings (SSSR count). The predicted molar refractivity (Wildman–Crippen MR) is 97.4 cm³/mol. The quantitative estimate of drug-likeness (QED) is 0.572. The van der Waals surface area contributed by atoms with Gasteiger partial charge in [0.25, 0.3) is 0 Å². The number of halogens is 3. The van der Waals surface area contributed by atoms with Crippen LogP contribution in [0.25, 0.3) is 11.1 Å². The average molecular weight is 362 g/mol. The Balaban J connectivity index is 1.76. The molecule has 0 saturated carbocycles. The van der Waals surface area contributed by atoms with E-state index in [0.29, 0.717) is 23.7 Å². The van der Waals surface area contributed by atoms with Crippen molar-refractivity contribution in [1.82, 2.24) is 0 Å². The highest BCUT2D eigenvalue weighted by molar-refractivity contribution is 5.65. The highest BCUT2D eigenvalue weighted by atomic mass is 19.2. The lowest BCUT2D eigenvalue weighted by Gasteiger charge is -2.29. The minimum absolute atomic E-state index is 0.0720. The van der Waals surface area contributed by atoms with Crippen molar-refractivity contribution in [3.8, 4) is 11.1 Å². The molecule has 1 nitrogen and oxygen atoms in total. The van der Waals surface area contributed by atoms with Crippen molar-refractivity contribution >= 4 is 0 Å². The fraction of sp³-hybridized carbons (Fsp3) is 0.455. The average Bonchev–Trinajstić information content (AvgIpc) is 2.65. The van der Waals surface area contributed by atoms with Crippen LogP contribution in [0, 0.1) is 30.3 Å². The van der Waals surface area contributed by atoms with Crippen LogP contribution in [0.1, 0.15) is 56.3 Å². The van der Waals surface area contributed by atoms with Gasteiger partial charge in [-0.25, -0.2) is 13.2 Å². The molecule has 1 fully saturated rings. The van der Waals surface area contributed by atoms with E-state index in [0.717, 1.165) is 19.3 Å². The summed E-state index contributed by atoms with van der Waals surface area (Å²) in [7, 11) is 0. The van der Waals surface area contributed by atoms with Crippen molar-refractivity contribution in [2.75, 3.05) is 6.61 Å². The fourth-order valence-corrected chi connectivity index (χ4v) is 3.60. The lowest BCUT2D eigenvalue weighted by atomic mass is 9.90. The number of unbranched alkanes of at least 4 members (excludes halogenated alkanes) is 1. The number of ether oxygens (including phenoxy) is 1. The summed E-state index contributed by atoms with van der Waals surface area (Å²) in [4.78, 5) is 0. The van der Waals surface area contributed by atoms with Gasteiger partial charge in [0, 0.05) is 11.1 Å². The maximum absolute atomic E-state index is 14.6. The Hall–Kier alpha value is -1.81. The van der Waals surface area contributed by atoms with E-state index < -0.39 is 17.5 Å². The number of hydrogen-bond donors (Lipinski definition) is 0. The zero-order valence-corrected chi connectivity index (χ0v) is 15.3. The number of hydrogen-bond acceptors (Lipinski definition) is 1. The lowest BCUT2D eigenvalue weighted by molar-refractivity contribution is -0.0214. The largest absolute Gasteiger partial charge is 0.373 e. The van der Waals surface area contributed by atoms with E-state index in [2.05, 4.69) is 6.92 Å². The smallest absolute Gasteiger partial charge is 0.166 e. The lowest BCUT2D eigenvalue weighted by Crippen LogP contribution is -2.21. The monoisotopic (exact) mass is 362 g/mol. The molecule has 140 valence electrons. The molecular formula is C22H25F3O. The molecule has 2 aromatic carbocycles. The van der Waals surface area contributed by atoms with Gasteiger partial charge >= 0.3 is 0 Å². The van der Waals surface area contributed by atoms with Crippen LogP contribution in [0.4, 0.5) is 13.2 Å². The van der Waals surface area contributed by atoms with Gasteiger partial charge in [0.1, 0.15) is 5.82 Å². The van der Waals surface area contributed by atoms with E-state index in [1.807, 2.05) is 0 Å². The Bertz CT molecular complexity index is 764. The first kappa shape index (κ1) is 19.0. The first-order valence-corrected chi connectivity index (χ1v) is 9.37. The van der Waals surface area contributed by atoms with Crippen molar-refractivity contribution in [2.24, 2.45) is 5.92 Å². The normalized spacial score (nSPS) is 20.3. The third kappa shape index (κ3) is 3.96.